The van der Waals surface area contributed by atoms with Gasteiger partial charge in [0.15, 0.2) is 0 Å². The van der Waals surface area contributed by atoms with Gasteiger partial charge in [0.1, 0.15) is 5.82 Å². The third-order valence-electron chi connectivity index (χ3n) is 5.60. The van der Waals surface area contributed by atoms with E-state index in [4.69, 9.17) is 0 Å². The maximum absolute atomic E-state index is 14.0. The second-order valence-electron chi connectivity index (χ2n) is 7.78. The number of amides is 2. The largest absolute Gasteiger partial charge is 0.332 e. The van der Waals surface area contributed by atoms with Crippen LogP contribution in [-0.2, 0) is 19.5 Å². The first kappa shape index (κ1) is 17.7. The van der Waals surface area contributed by atoms with Gasteiger partial charge < -0.3 is 9.80 Å². The van der Waals surface area contributed by atoms with Gasteiger partial charge >= 0.3 is 0 Å². The van der Waals surface area contributed by atoms with Crippen molar-refractivity contribution in [2.75, 3.05) is 0 Å². The van der Waals surface area contributed by atoms with E-state index in [0.717, 1.165) is 22.3 Å². The Hall–Kier alpha value is -2.69. The molecule has 2 aromatic carbocycles. The molecule has 4 nitrogen and oxygen atoms in total. The van der Waals surface area contributed by atoms with Gasteiger partial charge in [0.2, 0.25) is 0 Å². The van der Waals surface area contributed by atoms with E-state index in [-0.39, 0.29) is 29.5 Å². The molecule has 2 aromatic rings. The second kappa shape index (κ2) is 6.48. The number of halogens is 1. The summed E-state index contributed by atoms with van der Waals surface area (Å²) in [5, 5.41) is 0. The topological polar surface area (TPSA) is 40.6 Å². The first-order valence-corrected chi connectivity index (χ1v) is 9.38. The Morgan fingerprint density at radius 2 is 1.70 bits per heavy atom. The summed E-state index contributed by atoms with van der Waals surface area (Å²) in [4.78, 5) is 28.6. The zero-order valence-electron chi connectivity index (χ0n) is 15.8. The van der Waals surface area contributed by atoms with E-state index in [1.165, 1.54) is 6.07 Å². The van der Waals surface area contributed by atoms with Crippen molar-refractivity contribution in [1.29, 1.82) is 0 Å². The molecule has 2 aliphatic rings. The van der Waals surface area contributed by atoms with Crippen molar-refractivity contribution in [1.82, 2.24) is 9.80 Å². The average Bonchev–Trinajstić information content (AvgIpc) is 3.13. The summed E-state index contributed by atoms with van der Waals surface area (Å²) in [5.74, 6) is -0.602. The number of benzene rings is 2. The molecule has 1 atom stereocenters. The van der Waals surface area contributed by atoms with E-state index >= 15 is 0 Å². The smallest absolute Gasteiger partial charge is 0.257 e. The van der Waals surface area contributed by atoms with E-state index in [0.29, 0.717) is 19.5 Å². The second-order valence-corrected chi connectivity index (χ2v) is 7.78. The Bertz CT molecular complexity index is 938. The van der Waals surface area contributed by atoms with Crippen molar-refractivity contribution in [3.63, 3.8) is 0 Å². The number of fused-ring (bicyclic) bond motifs is 2. The van der Waals surface area contributed by atoms with E-state index in [2.05, 4.69) is 6.07 Å². The fourth-order valence-electron chi connectivity index (χ4n) is 4.09. The van der Waals surface area contributed by atoms with Gasteiger partial charge in [0.25, 0.3) is 11.8 Å². The van der Waals surface area contributed by atoms with Crippen LogP contribution in [0.3, 0.4) is 0 Å². The molecular formula is C22H23FN2O2. The molecule has 0 saturated heterocycles. The molecule has 0 bridgehead atoms. The number of carbonyl (C=O) groups excluding carboxylic acids is 2. The van der Waals surface area contributed by atoms with E-state index in [1.54, 1.807) is 11.0 Å². The Morgan fingerprint density at radius 1 is 0.963 bits per heavy atom. The molecular weight excluding hydrogens is 343 g/mol. The molecule has 0 N–H and O–H groups in total. The summed E-state index contributed by atoms with van der Waals surface area (Å²) in [6.45, 7) is 7.09. The minimum atomic E-state index is -0.447. The van der Waals surface area contributed by atoms with Crippen molar-refractivity contribution >= 4 is 11.8 Å². The summed E-state index contributed by atoms with van der Waals surface area (Å²) in [6.07, 6.45) is 0.671. The molecule has 140 valence electrons. The van der Waals surface area contributed by atoms with Crippen molar-refractivity contribution in [3.05, 3.63) is 70.0 Å². The number of nitrogens with zero attached hydrogens (tertiary/aromatic N) is 2. The Morgan fingerprint density at radius 3 is 2.41 bits per heavy atom. The Labute approximate surface area is 158 Å². The van der Waals surface area contributed by atoms with Crippen LogP contribution in [0.25, 0.3) is 0 Å². The molecule has 2 amide bonds. The number of rotatable bonds is 4. The lowest BCUT2D eigenvalue weighted by Gasteiger charge is -2.24. The molecule has 4 rings (SSSR count). The maximum Gasteiger partial charge on any atom is 0.257 e. The summed E-state index contributed by atoms with van der Waals surface area (Å²) in [5.41, 5.74) is 3.85. The van der Waals surface area contributed by atoms with Gasteiger partial charge in [0, 0.05) is 30.7 Å². The van der Waals surface area contributed by atoms with E-state index in [9.17, 15) is 14.0 Å². The molecule has 0 radical (unpaired) electrons. The fraction of sp³-hybridized carbons (Fsp3) is 0.364. The molecule has 0 spiro atoms. The van der Waals surface area contributed by atoms with Crippen molar-refractivity contribution in [2.45, 2.75) is 52.4 Å². The van der Waals surface area contributed by atoms with Gasteiger partial charge in [-0.1, -0.05) is 24.3 Å². The zero-order valence-corrected chi connectivity index (χ0v) is 15.8. The number of carbonyl (C=O) groups is 2. The maximum atomic E-state index is 14.0. The van der Waals surface area contributed by atoms with Crippen LogP contribution in [0, 0.1) is 5.82 Å². The highest BCUT2D eigenvalue weighted by atomic mass is 19.1. The predicted molar refractivity (Wildman–Crippen MR) is 101 cm³/mol. The van der Waals surface area contributed by atoms with Gasteiger partial charge in [-0.3, -0.25) is 9.59 Å². The molecule has 27 heavy (non-hydrogen) atoms. The first-order chi connectivity index (χ1) is 12.9. The standard InChI is InChI=1S/C22H23FN2O2/c1-13(2)24-12-17-10-15(7-8-18(17)21(24)26)9-14(3)25-11-16-5-4-6-19(23)20(16)22(25)27/h4-8,10,13-14H,9,11-12H2,1-3H3. The summed E-state index contributed by atoms with van der Waals surface area (Å²) < 4.78 is 14.0. The summed E-state index contributed by atoms with van der Waals surface area (Å²) in [7, 11) is 0. The van der Waals surface area contributed by atoms with Crippen LogP contribution in [0.1, 0.15) is 58.2 Å². The Balaban J connectivity index is 1.52. The van der Waals surface area contributed by atoms with Crippen LogP contribution < -0.4 is 0 Å². The number of hydrogen-bond acceptors (Lipinski definition) is 2. The van der Waals surface area contributed by atoms with Gasteiger partial charge in [-0.25, -0.2) is 4.39 Å². The quantitative estimate of drug-likeness (QED) is 0.826. The minimum absolute atomic E-state index is 0.0549. The van der Waals surface area contributed by atoms with E-state index in [1.807, 2.05) is 43.9 Å². The SMILES string of the molecule is CC(C)N1Cc2cc(CC(C)N3Cc4cccc(F)c4C3=O)ccc2C1=O. The van der Waals surface area contributed by atoms with Crippen LogP contribution >= 0.6 is 0 Å². The van der Waals surface area contributed by atoms with Crippen LogP contribution in [0.4, 0.5) is 4.39 Å². The predicted octanol–water partition coefficient (Wildman–Crippen LogP) is 3.78. The zero-order chi connectivity index (χ0) is 19.3. The average molecular weight is 366 g/mol. The molecule has 0 saturated carbocycles. The Kier molecular flexibility index (Phi) is 4.25. The van der Waals surface area contributed by atoms with Crippen molar-refractivity contribution in [2.24, 2.45) is 0 Å². The van der Waals surface area contributed by atoms with E-state index < -0.39 is 5.82 Å². The third kappa shape index (κ3) is 2.91. The molecule has 2 heterocycles. The third-order valence-corrected chi connectivity index (χ3v) is 5.60. The minimum Gasteiger partial charge on any atom is -0.332 e. The molecule has 0 aliphatic carbocycles. The van der Waals surface area contributed by atoms with Gasteiger partial charge in [-0.2, -0.15) is 0 Å². The highest BCUT2D eigenvalue weighted by Crippen LogP contribution is 2.29. The molecule has 5 heteroatoms. The highest BCUT2D eigenvalue weighted by molar-refractivity contribution is 5.99. The van der Waals surface area contributed by atoms with Crippen LogP contribution in [0.2, 0.25) is 0 Å². The van der Waals surface area contributed by atoms with Crippen LogP contribution in [-0.4, -0.2) is 33.7 Å². The normalized spacial score (nSPS) is 16.9. The molecule has 0 fully saturated rings. The lowest BCUT2D eigenvalue weighted by atomic mass is 10.0. The monoisotopic (exact) mass is 366 g/mol. The fourth-order valence-corrected chi connectivity index (χ4v) is 4.09. The number of hydrogen-bond donors (Lipinski definition) is 0. The van der Waals surface area contributed by atoms with Crippen molar-refractivity contribution in [3.8, 4) is 0 Å². The first-order valence-electron chi connectivity index (χ1n) is 9.38. The van der Waals surface area contributed by atoms with Gasteiger partial charge in [-0.15, -0.1) is 0 Å². The summed E-state index contributed by atoms with van der Waals surface area (Å²) in [6, 6.07) is 10.8. The highest BCUT2D eigenvalue weighted by Gasteiger charge is 2.34. The van der Waals surface area contributed by atoms with Crippen LogP contribution in [0.15, 0.2) is 36.4 Å². The van der Waals surface area contributed by atoms with Crippen LogP contribution in [0.5, 0.6) is 0 Å². The van der Waals surface area contributed by atoms with Gasteiger partial charge in [0.05, 0.1) is 5.56 Å². The molecule has 1 unspecified atom stereocenters. The molecule has 2 aliphatic heterocycles. The lowest BCUT2D eigenvalue weighted by Crippen LogP contribution is -2.35. The van der Waals surface area contributed by atoms with Gasteiger partial charge in [-0.05, 0) is 56.0 Å². The van der Waals surface area contributed by atoms with Crippen molar-refractivity contribution < 1.29 is 14.0 Å². The summed E-state index contributed by atoms with van der Waals surface area (Å²) >= 11 is 0. The molecule has 0 aromatic heterocycles. The lowest BCUT2D eigenvalue weighted by molar-refractivity contribution is 0.0710.